The summed E-state index contributed by atoms with van der Waals surface area (Å²) in [5.41, 5.74) is 0. The van der Waals surface area contributed by atoms with Crippen LogP contribution >= 0.6 is 0 Å². The standard InChI is InChI=1S/C16H24F4N4O2/c17-15(18)11-23(9-3-5-21-13(15)25)7-1-2-8-24-10-4-6-22-14(26)16(19,20)12-24/h1-2H,3-12H2,(H,21,25)(H,22,26)/b2-1+. The number of rotatable bonds is 4. The Kier molecular flexibility index (Phi) is 6.99. The molecule has 2 fully saturated rings. The summed E-state index contributed by atoms with van der Waals surface area (Å²) in [6.07, 6.45) is 4.38. The average molecular weight is 380 g/mol. The van der Waals surface area contributed by atoms with Gasteiger partial charge in [0.15, 0.2) is 0 Å². The molecule has 0 aromatic rings. The fraction of sp³-hybridized carbons (Fsp3) is 0.750. The summed E-state index contributed by atoms with van der Waals surface area (Å²) in [6.45, 7) is 0.251. The number of hydrogen-bond donors (Lipinski definition) is 2. The van der Waals surface area contributed by atoms with Crippen LogP contribution in [0.25, 0.3) is 0 Å². The van der Waals surface area contributed by atoms with E-state index in [0.29, 0.717) is 25.9 Å². The number of amides is 2. The molecule has 2 aliphatic rings. The average Bonchev–Trinajstić information content (AvgIpc) is 2.55. The quantitative estimate of drug-likeness (QED) is 0.549. The van der Waals surface area contributed by atoms with Crippen LogP contribution in [0.4, 0.5) is 17.6 Å². The van der Waals surface area contributed by atoms with Crippen LogP contribution in [0.1, 0.15) is 12.8 Å². The molecular weight excluding hydrogens is 356 g/mol. The van der Waals surface area contributed by atoms with Crippen molar-refractivity contribution in [1.82, 2.24) is 20.4 Å². The van der Waals surface area contributed by atoms with Gasteiger partial charge in [0, 0.05) is 39.3 Å². The SMILES string of the molecule is O=C1NCCCN(C/C=C/CN2CCCNC(=O)C(F)(F)C2)CC1(F)F. The van der Waals surface area contributed by atoms with Gasteiger partial charge in [0.25, 0.3) is 11.8 Å². The summed E-state index contributed by atoms with van der Waals surface area (Å²) in [5, 5.41) is 4.37. The van der Waals surface area contributed by atoms with Gasteiger partial charge in [0.05, 0.1) is 13.1 Å². The maximum Gasteiger partial charge on any atom is 0.336 e. The highest BCUT2D eigenvalue weighted by molar-refractivity contribution is 5.84. The van der Waals surface area contributed by atoms with Crippen LogP contribution in [0.3, 0.4) is 0 Å². The van der Waals surface area contributed by atoms with Crippen molar-refractivity contribution < 1.29 is 27.2 Å². The maximum absolute atomic E-state index is 13.7. The van der Waals surface area contributed by atoms with E-state index in [1.54, 1.807) is 12.2 Å². The van der Waals surface area contributed by atoms with Crippen LogP contribution in [-0.4, -0.2) is 85.8 Å². The first kappa shape index (κ1) is 20.6. The lowest BCUT2D eigenvalue weighted by molar-refractivity contribution is -0.149. The van der Waals surface area contributed by atoms with Gasteiger partial charge < -0.3 is 10.6 Å². The van der Waals surface area contributed by atoms with Gasteiger partial charge >= 0.3 is 11.8 Å². The number of halogens is 4. The second-order valence-electron chi connectivity index (χ2n) is 6.57. The number of hydrogen-bond acceptors (Lipinski definition) is 4. The van der Waals surface area contributed by atoms with Crippen molar-refractivity contribution in [3.05, 3.63) is 12.2 Å². The molecule has 0 bridgehead atoms. The van der Waals surface area contributed by atoms with Gasteiger partial charge in [-0.2, -0.15) is 17.6 Å². The summed E-state index contributed by atoms with van der Waals surface area (Å²) in [4.78, 5) is 25.5. The zero-order valence-corrected chi connectivity index (χ0v) is 14.4. The molecule has 6 nitrogen and oxygen atoms in total. The van der Waals surface area contributed by atoms with Crippen LogP contribution in [0, 0.1) is 0 Å². The lowest BCUT2D eigenvalue weighted by atomic mass is 10.2. The molecule has 148 valence electrons. The highest BCUT2D eigenvalue weighted by Gasteiger charge is 2.42. The predicted octanol–water partition coefficient (Wildman–Crippen LogP) is 0.457. The highest BCUT2D eigenvalue weighted by Crippen LogP contribution is 2.18. The predicted molar refractivity (Wildman–Crippen MR) is 87.2 cm³/mol. The molecule has 0 aliphatic carbocycles. The minimum atomic E-state index is -3.45. The smallest absolute Gasteiger partial charge is 0.336 e. The Morgan fingerprint density at radius 3 is 1.58 bits per heavy atom. The zero-order chi connectivity index (χ0) is 19.2. The largest absolute Gasteiger partial charge is 0.351 e. The number of nitrogens with one attached hydrogen (secondary N) is 2. The maximum atomic E-state index is 13.7. The Balaban J connectivity index is 1.85. The topological polar surface area (TPSA) is 64.7 Å². The summed E-state index contributed by atoms with van der Waals surface area (Å²) in [6, 6.07) is 0. The van der Waals surface area contributed by atoms with E-state index in [4.69, 9.17) is 0 Å². The molecule has 2 saturated heterocycles. The second kappa shape index (κ2) is 8.81. The van der Waals surface area contributed by atoms with E-state index in [9.17, 15) is 27.2 Å². The molecule has 0 radical (unpaired) electrons. The lowest BCUT2D eigenvalue weighted by Crippen LogP contribution is -2.51. The van der Waals surface area contributed by atoms with Gasteiger partial charge in [-0.3, -0.25) is 19.4 Å². The Morgan fingerprint density at radius 2 is 1.19 bits per heavy atom. The first-order valence-corrected chi connectivity index (χ1v) is 8.63. The van der Waals surface area contributed by atoms with E-state index < -0.39 is 36.7 Å². The molecule has 2 amide bonds. The highest BCUT2D eigenvalue weighted by atomic mass is 19.3. The van der Waals surface area contributed by atoms with Gasteiger partial charge in [-0.05, 0) is 12.8 Å². The van der Waals surface area contributed by atoms with Crippen molar-refractivity contribution in [2.24, 2.45) is 0 Å². The minimum Gasteiger partial charge on any atom is -0.351 e. The van der Waals surface area contributed by atoms with Crippen LogP contribution in [0.5, 0.6) is 0 Å². The van der Waals surface area contributed by atoms with Crippen LogP contribution in [-0.2, 0) is 9.59 Å². The van der Waals surface area contributed by atoms with Crippen LogP contribution < -0.4 is 10.6 Å². The van der Waals surface area contributed by atoms with Gasteiger partial charge in [0.2, 0.25) is 0 Å². The Hall–Kier alpha value is -1.68. The number of carbonyl (C=O) groups excluding carboxylic acids is 2. The molecule has 0 spiro atoms. The molecule has 2 heterocycles. The van der Waals surface area contributed by atoms with Crippen molar-refractivity contribution in [2.45, 2.75) is 24.7 Å². The van der Waals surface area contributed by atoms with Crippen LogP contribution in [0.2, 0.25) is 0 Å². The summed E-state index contributed by atoms with van der Waals surface area (Å²) < 4.78 is 54.7. The summed E-state index contributed by atoms with van der Waals surface area (Å²) in [5.74, 6) is -9.45. The van der Waals surface area contributed by atoms with Crippen molar-refractivity contribution in [3.63, 3.8) is 0 Å². The van der Waals surface area contributed by atoms with Crippen molar-refractivity contribution in [1.29, 1.82) is 0 Å². The molecule has 0 unspecified atom stereocenters. The number of carbonyl (C=O) groups is 2. The molecule has 2 rings (SSSR count). The van der Waals surface area contributed by atoms with E-state index >= 15 is 0 Å². The second-order valence-corrected chi connectivity index (χ2v) is 6.57. The third-order valence-corrected chi connectivity index (χ3v) is 4.28. The first-order chi connectivity index (χ1) is 12.2. The van der Waals surface area contributed by atoms with Gasteiger partial charge in [-0.25, -0.2) is 0 Å². The van der Waals surface area contributed by atoms with Gasteiger partial charge in [-0.15, -0.1) is 0 Å². The minimum absolute atomic E-state index is 0.194. The normalized spacial score (nSPS) is 25.7. The third-order valence-electron chi connectivity index (χ3n) is 4.28. The third kappa shape index (κ3) is 5.94. The fourth-order valence-electron chi connectivity index (χ4n) is 2.89. The summed E-state index contributed by atoms with van der Waals surface area (Å²) in [7, 11) is 0. The first-order valence-electron chi connectivity index (χ1n) is 8.63. The molecule has 0 saturated carbocycles. The molecule has 0 aromatic heterocycles. The molecule has 2 N–H and O–H groups in total. The lowest BCUT2D eigenvalue weighted by Gasteiger charge is -2.29. The number of alkyl halides is 4. The molecule has 10 heteroatoms. The number of nitrogens with zero attached hydrogens (tertiary/aromatic N) is 2. The van der Waals surface area contributed by atoms with E-state index in [1.807, 2.05) is 0 Å². The zero-order valence-electron chi connectivity index (χ0n) is 14.4. The van der Waals surface area contributed by atoms with Crippen molar-refractivity contribution >= 4 is 11.8 Å². The van der Waals surface area contributed by atoms with Gasteiger partial charge in [0.1, 0.15) is 0 Å². The van der Waals surface area contributed by atoms with Gasteiger partial charge in [-0.1, -0.05) is 12.2 Å². The molecule has 0 atom stereocenters. The summed E-state index contributed by atoms with van der Waals surface area (Å²) >= 11 is 0. The van der Waals surface area contributed by atoms with Crippen molar-refractivity contribution in [3.8, 4) is 0 Å². The Morgan fingerprint density at radius 1 is 0.808 bits per heavy atom. The Labute approximate surface area is 149 Å². The van der Waals surface area contributed by atoms with E-state index in [1.165, 1.54) is 9.80 Å². The molecular formula is C16H24F4N4O2. The fourth-order valence-corrected chi connectivity index (χ4v) is 2.89. The molecule has 26 heavy (non-hydrogen) atoms. The monoisotopic (exact) mass is 380 g/mol. The van der Waals surface area contributed by atoms with E-state index in [2.05, 4.69) is 10.6 Å². The molecule has 2 aliphatic heterocycles. The van der Waals surface area contributed by atoms with E-state index in [-0.39, 0.29) is 26.2 Å². The van der Waals surface area contributed by atoms with E-state index in [0.717, 1.165) is 0 Å². The Bertz CT molecular complexity index is 496. The van der Waals surface area contributed by atoms with Crippen LogP contribution in [0.15, 0.2) is 12.2 Å². The van der Waals surface area contributed by atoms with Crippen molar-refractivity contribution in [2.75, 3.05) is 52.4 Å². The molecule has 0 aromatic carbocycles.